The molecule has 0 saturated carbocycles. The highest BCUT2D eigenvalue weighted by atomic mass is 32.2. The smallest absolute Gasteiger partial charge is 0.191 e. The van der Waals surface area contributed by atoms with Gasteiger partial charge in [0, 0.05) is 12.6 Å². The van der Waals surface area contributed by atoms with Crippen LogP contribution in [0.2, 0.25) is 0 Å². The van der Waals surface area contributed by atoms with Gasteiger partial charge in [-0.15, -0.1) is 0 Å². The second-order valence-electron chi connectivity index (χ2n) is 4.37. The number of nitrogen functional groups attached to an aromatic ring is 1. The normalized spacial score (nSPS) is 14.1. The molecule has 18 heavy (non-hydrogen) atoms. The van der Waals surface area contributed by atoms with Crippen LogP contribution < -0.4 is 16.6 Å². The Morgan fingerprint density at radius 2 is 2.11 bits per heavy atom. The lowest BCUT2D eigenvalue weighted by Crippen LogP contribution is -2.33. The Balaban J connectivity index is 2.72. The zero-order chi connectivity index (χ0) is 13.6. The molecule has 5 N–H and O–H groups in total. The predicted octanol–water partition coefficient (Wildman–Crippen LogP) is 1.45. The predicted molar refractivity (Wildman–Crippen MR) is 75.6 cm³/mol. The maximum Gasteiger partial charge on any atom is 0.191 e. The van der Waals surface area contributed by atoms with Crippen LogP contribution in [0, 0.1) is 0 Å². The van der Waals surface area contributed by atoms with E-state index in [1.165, 1.54) is 11.8 Å². The molecule has 1 unspecified atom stereocenters. The lowest BCUT2D eigenvalue weighted by molar-refractivity contribution is 0.0636. The Labute approximate surface area is 112 Å². The molecule has 0 aliphatic carbocycles. The zero-order valence-corrected chi connectivity index (χ0v) is 11.8. The van der Waals surface area contributed by atoms with Gasteiger partial charge in [-0.25, -0.2) is 15.8 Å². The standard InChI is InChI=1S/C11H21N5OS/c1-4-5-11(2,17)7-13-8-6-9(16-12)15-10(14-8)18-3/h6,17H,4-5,7,12H2,1-3H3,(H2,13,14,15,16). The van der Waals surface area contributed by atoms with Gasteiger partial charge in [0.15, 0.2) is 5.16 Å². The third-order valence-electron chi connectivity index (χ3n) is 2.48. The SMILES string of the molecule is CCCC(C)(O)CNc1cc(NN)nc(SC)n1. The average Bonchev–Trinajstić information content (AvgIpc) is 2.36. The highest BCUT2D eigenvalue weighted by Crippen LogP contribution is 2.18. The molecule has 0 aliphatic rings. The van der Waals surface area contributed by atoms with Gasteiger partial charge in [-0.05, 0) is 19.6 Å². The van der Waals surface area contributed by atoms with E-state index < -0.39 is 5.60 Å². The van der Waals surface area contributed by atoms with Crippen LogP contribution in [0.4, 0.5) is 11.6 Å². The van der Waals surface area contributed by atoms with Crippen molar-refractivity contribution < 1.29 is 5.11 Å². The number of aromatic nitrogens is 2. The van der Waals surface area contributed by atoms with E-state index in [2.05, 4.69) is 20.7 Å². The third kappa shape index (κ3) is 4.67. The first kappa shape index (κ1) is 15.0. The van der Waals surface area contributed by atoms with E-state index in [9.17, 15) is 5.11 Å². The Bertz CT molecular complexity index is 363. The fraction of sp³-hybridized carbons (Fsp3) is 0.636. The summed E-state index contributed by atoms with van der Waals surface area (Å²) in [7, 11) is 0. The minimum atomic E-state index is -0.741. The molecule has 6 nitrogen and oxygen atoms in total. The van der Waals surface area contributed by atoms with E-state index in [1.54, 1.807) is 6.07 Å². The summed E-state index contributed by atoms with van der Waals surface area (Å²) in [4.78, 5) is 8.46. The largest absolute Gasteiger partial charge is 0.388 e. The van der Waals surface area contributed by atoms with Crippen molar-refractivity contribution >= 4 is 23.4 Å². The van der Waals surface area contributed by atoms with Gasteiger partial charge in [-0.3, -0.25) is 0 Å². The van der Waals surface area contributed by atoms with E-state index in [4.69, 9.17) is 5.84 Å². The molecule has 1 rings (SSSR count). The number of rotatable bonds is 7. The molecule has 1 atom stereocenters. The minimum Gasteiger partial charge on any atom is -0.388 e. The van der Waals surface area contributed by atoms with Crippen LogP contribution in [-0.2, 0) is 0 Å². The van der Waals surface area contributed by atoms with Gasteiger partial charge in [0.25, 0.3) is 0 Å². The first-order valence-electron chi connectivity index (χ1n) is 5.86. The number of anilines is 2. The van der Waals surface area contributed by atoms with Crippen LogP contribution in [0.15, 0.2) is 11.2 Å². The lowest BCUT2D eigenvalue weighted by Gasteiger charge is -2.23. The molecule has 0 fully saturated rings. The molecule has 1 aromatic rings. The molecule has 1 aromatic heterocycles. The maximum absolute atomic E-state index is 10.1. The molecule has 0 aromatic carbocycles. The summed E-state index contributed by atoms with van der Waals surface area (Å²) in [6, 6.07) is 1.71. The second-order valence-corrected chi connectivity index (χ2v) is 5.14. The van der Waals surface area contributed by atoms with Gasteiger partial charge in [0.2, 0.25) is 0 Å². The first-order chi connectivity index (χ1) is 8.50. The van der Waals surface area contributed by atoms with Crippen molar-refractivity contribution in [1.29, 1.82) is 0 Å². The van der Waals surface area contributed by atoms with E-state index in [0.29, 0.717) is 23.3 Å². The molecule has 0 amide bonds. The van der Waals surface area contributed by atoms with Crippen molar-refractivity contribution in [2.75, 3.05) is 23.5 Å². The summed E-state index contributed by atoms with van der Waals surface area (Å²) in [5.74, 6) is 6.54. The second kappa shape index (κ2) is 6.77. The number of thioether (sulfide) groups is 1. The number of nitrogens with one attached hydrogen (secondary N) is 2. The summed E-state index contributed by atoms with van der Waals surface area (Å²) in [6.07, 6.45) is 3.57. The van der Waals surface area contributed by atoms with Gasteiger partial charge in [-0.1, -0.05) is 25.1 Å². The van der Waals surface area contributed by atoms with Crippen molar-refractivity contribution in [3.63, 3.8) is 0 Å². The zero-order valence-electron chi connectivity index (χ0n) is 11.0. The third-order valence-corrected chi connectivity index (χ3v) is 3.02. The Morgan fingerprint density at radius 1 is 1.44 bits per heavy atom. The van der Waals surface area contributed by atoms with Crippen molar-refractivity contribution in [2.24, 2.45) is 5.84 Å². The lowest BCUT2D eigenvalue weighted by atomic mass is 10.0. The molecule has 1 heterocycles. The number of hydrazine groups is 1. The molecule has 0 spiro atoms. The maximum atomic E-state index is 10.1. The summed E-state index contributed by atoms with van der Waals surface area (Å²) >= 11 is 1.44. The summed E-state index contributed by atoms with van der Waals surface area (Å²) < 4.78 is 0. The first-order valence-corrected chi connectivity index (χ1v) is 7.09. The number of hydrogen-bond donors (Lipinski definition) is 4. The van der Waals surface area contributed by atoms with E-state index >= 15 is 0 Å². The average molecular weight is 271 g/mol. The molecular formula is C11H21N5OS. The van der Waals surface area contributed by atoms with Crippen LogP contribution in [-0.4, -0.2) is 33.5 Å². The van der Waals surface area contributed by atoms with Crippen LogP contribution in [0.1, 0.15) is 26.7 Å². The monoisotopic (exact) mass is 271 g/mol. The summed E-state index contributed by atoms with van der Waals surface area (Å²) in [5.41, 5.74) is 1.76. The Kier molecular flexibility index (Phi) is 5.64. The minimum absolute atomic E-state index is 0.440. The van der Waals surface area contributed by atoms with E-state index in [-0.39, 0.29) is 0 Å². The van der Waals surface area contributed by atoms with Crippen LogP contribution >= 0.6 is 11.8 Å². The van der Waals surface area contributed by atoms with Gasteiger partial charge >= 0.3 is 0 Å². The molecule has 7 heteroatoms. The van der Waals surface area contributed by atoms with Crippen molar-refractivity contribution in [3.8, 4) is 0 Å². The number of aliphatic hydroxyl groups is 1. The van der Waals surface area contributed by atoms with Crippen molar-refractivity contribution in [3.05, 3.63) is 6.07 Å². The topological polar surface area (TPSA) is 96.1 Å². The number of nitrogens with zero attached hydrogens (tertiary/aromatic N) is 2. The highest BCUT2D eigenvalue weighted by Gasteiger charge is 2.19. The number of hydrogen-bond acceptors (Lipinski definition) is 7. The highest BCUT2D eigenvalue weighted by molar-refractivity contribution is 7.98. The number of nitrogens with two attached hydrogens (primary N) is 1. The van der Waals surface area contributed by atoms with Crippen LogP contribution in [0.5, 0.6) is 0 Å². The van der Waals surface area contributed by atoms with E-state index in [1.807, 2.05) is 20.1 Å². The quantitative estimate of drug-likeness (QED) is 0.258. The summed E-state index contributed by atoms with van der Waals surface area (Å²) in [6.45, 7) is 4.29. The van der Waals surface area contributed by atoms with Crippen LogP contribution in [0.3, 0.4) is 0 Å². The molecule has 0 saturated heterocycles. The molecule has 0 aliphatic heterocycles. The molecule has 0 radical (unpaired) electrons. The molecular weight excluding hydrogens is 250 g/mol. The fourth-order valence-electron chi connectivity index (χ4n) is 1.59. The van der Waals surface area contributed by atoms with Crippen LogP contribution in [0.25, 0.3) is 0 Å². The van der Waals surface area contributed by atoms with E-state index in [0.717, 1.165) is 12.8 Å². The Hall–Kier alpha value is -1.05. The van der Waals surface area contributed by atoms with Gasteiger partial charge in [0.1, 0.15) is 11.6 Å². The van der Waals surface area contributed by atoms with Crippen molar-refractivity contribution in [1.82, 2.24) is 9.97 Å². The van der Waals surface area contributed by atoms with Gasteiger partial charge in [-0.2, -0.15) is 0 Å². The molecule has 0 bridgehead atoms. The fourth-order valence-corrected chi connectivity index (χ4v) is 1.97. The molecule has 102 valence electrons. The van der Waals surface area contributed by atoms with Gasteiger partial charge in [0.05, 0.1) is 5.60 Å². The van der Waals surface area contributed by atoms with Crippen molar-refractivity contribution in [2.45, 2.75) is 37.4 Å². The Morgan fingerprint density at radius 3 is 2.67 bits per heavy atom. The summed E-state index contributed by atoms with van der Waals surface area (Å²) in [5, 5.41) is 13.8. The van der Waals surface area contributed by atoms with Gasteiger partial charge < -0.3 is 15.8 Å².